The van der Waals surface area contributed by atoms with Gasteiger partial charge in [0.2, 0.25) is 9.84 Å². The zero-order chi connectivity index (χ0) is 10.9. The van der Waals surface area contributed by atoms with Gasteiger partial charge in [0, 0.05) is 0 Å². The maximum Gasteiger partial charge on any atom is 0.215 e. The SMILES string of the molecule is Cc1cccc(S(=O)(=O)c2cccs2)c1. The second-order valence-corrected chi connectivity index (χ2v) is 6.38. The minimum Gasteiger partial charge on any atom is -0.218 e. The minimum absolute atomic E-state index is 0.366. The van der Waals surface area contributed by atoms with Crippen molar-refractivity contribution >= 4 is 21.2 Å². The molecule has 1 aromatic heterocycles. The van der Waals surface area contributed by atoms with Gasteiger partial charge in [-0.3, -0.25) is 0 Å². The van der Waals surface area contributed by atoms with Crippen LogP contribution in [0.2, 0.25) is 0 Å². The third kappa shape index (κ3) is 1.96. The molecule has 0 fully saturated rings. The number of rotatable bonds is 2. The van der Waals surface area contributed by atoms with Crippen molar-refractivity contribution in [2.24, 2.45) is 0 Å². The first kappa shape index (κ1) is 10.4. The molecule has 0 radical (unpaired) electrons. The molecule has 1 heterocycles. The third-order valence-corrected chi connectivity index (χ3v) is 5.21. The molecule has 0 N–H and O–H groups in total. The van der Waals surface area contributed by atoms with Crippen LogP contribution in [0.4, 0.5) is 0 Å². The number of hydrogen-bond donors (Lipinski definition) is 0. The third-order valence-electron chi connectivity index (χ3n) is 2.06. The maximum atomic E-state index is 12.1. The average Bonchev–Trinajstić information content (AvgIpc) is 2.71. The fourth-order valence-corrected chi connectivity index (χ4v) is 3.81. The van der Waals surface area contributed by atoms with Crippen LogP contribution in [0.1, 0.15) is 5.56 Å². The molecule has 0 unspecified atom stereocenters. The molecule has 15 heavy (non-hydrogen) atoms. The standard InChI is InChI=1S/C11H10O2S2/c1-9-4-2-5-10(8-9)15(12,13)11-6-3-7-14-11/h2-8H,1H3. The van der Waals surface area contributed by atoms with Crippen molar-refractivity contribution in [3.8, 4) is 0 Å². The van der Waals surface area contributed by atoms with Crippen molar-refractivity contribution in [2.45, 2.75) is 16.0 Å². The van der Waals surface area contributed by atoms with E-state index in [0.717, 1.165) is 5.56 Å². The van der Waals surface area contributed by atoms with Crippen LogP contribution in [-0.2, 0) is 9.84 Å². The maximum absolute atomic E-state index is 12.1. The van der Waals surface area contributed by atoms with E-state index >= 15 is 0 Å². The van der Waals surface area contributed by atoms with Crippen LogP contribution in [0, 0.1) is 6.92 Å². The number of hydrogen-bond acceptors (Lipinski definition) is 3. The van der Waals surface area contributed by atoms with Crippen LogP contribution in [0.3, 0.4) is 0 Å². The highest BCUT2D eigenvalue weighted by Crippen LogP contribution is 2.24. The lowest BCUT2D eigenvalue weighted by atomic mass is 10.2. The first-order valence-electron chi connectivity index (χ1n) is 4.46. The molecular weight excluding hydrogens is 228 g/mol. The van der Waals surface area contributed by atoms with Crippen LogP contribution in [-0.4, -0.2) is 8.42 Å². The Labute approximate surface area is 93.1 Å². The molecule has 1 aromatic carbocycles. The first-order valence-corrected chi connectivity index (χ1v) is 6.82. The largest absolute Gasteiger partial charge is 0.218 e. The molecule has 2 rings (SSSR count). The van der Waals surface area contributed by atoms with Gasteiger partial charge in [-0.25, -0.2) is 8.42 Å². The van der Waals surface area contributed by atoms with Gasteiger partial charge in [-0.15, -0.1) is 11.3 Å². The number of benzene rings is 1. The van der Waals surface area contributed by atoms with Gasteiger partial charge in [0.05, 0.1) is 4.90 Å². The van der Waals surface area contributed by atoms with E-state index in [2.05, 4.69) is 0 Å². The lowest BCUT2D eigenvalue weighted by Crippen LogP contribution is -1.99. The summed E-state index contributed by atoms with van der Waals surface area (Å²) in [5.74, 6) is 0. The molecule has 0 bridgehead atoms. The normalized spacial score (nSPS) is 11.5. The molecule has 0 aliphatic heterocycles. The Morgan fingerprint density at radius 1 is 1.13 bits per heavy atom. The predicted molar refractivity (Wildman–Crippen MR) is 60.9 cm³/mol. The quantitative estimate of drug-likeness (QED) is 0.806. The molecule has 0 saturated heterocycles. The molecule has 4 heteroatoms. The van der Waals surface area contributed by atoms with Gasteiger partial charge in [-0.1, -0.05) is 18.2 Å². The molecule has 2 nitrogen and oxygen atoms in total. The average molecular weight is 238 g/mol. The Balaban J connectivity index is 2.57. The summed E-state index contributed by atoms with van der Waals surface area (Å²) in [5, 5.41) is 1.77. The second-order valence-electron chi connectivity index (χ2n) is 3.25. The summed E-state index contributed by atoms with van der Waals surface area (Å²) < 4.78 is 24.5. The summed E-state index contributed by atoms with van der Waals surface area (Å²) in [7, 11) is -3.30. The monoisotopic (exact) mass is 238 g/mol. The van der Waals surface area contributed by atoms with Crippen LogP contribution >= 0.6 is 11.3 Å². The fraction of sp³-hybridized carbons (Fsp3) is 0.0909. The lowest BCUT2D eigenvalue weighted by Gasteiger charge is -2.02. The molecular formula is C11H10O2S2. The Hall–Kier alpha value is -1.13. The van der Waals surface area contributed by atoms with E-state index in [1.54, 1.807) is 35.7 Å². The molecule has 0 spiro atoms. The van der Waals surface area contributed by atoms with Crippen molar-refractivity contribution in [1.29, 1.82) is 0 Å². The van der Waals surface area contributed by atoms with Crippen LogP contribution in [0.15, 0.2) is 50.9 Å². The predicted octanol–water partition coefficient (Wildman–Crippen LogP) is 2.89. The summed E-state index contributed by atoms with van der Waals surface area (Å²) in [4.78, 5) is 0.366. The summed E-state index contributed by atoms with van der Waals surface area (Å²) in [6, 6.07) is 10.3. The minimum atomic E-state index is -3.30. The summed E-state index contributed by atoms with van der Waals surface area (Å²) in [5.41, 5.74) is 0.952. The topological polar surface area (TPSA) is 34.1 Å². The van der Waals surface area contributed by atoms with Gasteiger partial charge in [-0.2, -0.15) is 0 Å². The first-order chi connectivity index (χ1) is 7.10. The molecule has 0 atom stereocenters. The van der Waals surface area contributed by atoms with Gasteiger partial charge in [-0.05, 0) is 36.1 Å². The van der Waals surface area contributed by atoms with Gasteiger partial charge < -0.3 is 0 Å². The zero-order valence-corrected chi connectivity index (χ0v) is 9.81. The Bertz CT molecular complexity index is 554. The van der Waals surface area contributed by atoms with E-state index in [0.29, 0.717) is 9.10 Å². The molecule has 0 amide bonds. The van der Waals surface area contributed by atoms with Crippen molar-refractivity contribution < 1.29 is 8.42 Å². The Morgan fingerprint density at radius 2 is 1.93 bits per heavy atom. The highest BCUT2D eigenvalue weighted by molar-refractivity contribution is 7.93. The van der Waals surface area contributed by atoms with E-state index < -0.39 is 9.84 Å². The second kappa shape index (κ2) is 3.79. The van der Waals surface area contributed by atoms with E-state index in [9.17, 15) is 8.42 Å². The highest BCUT2D eigenvalue weighted by atomic mass is 32.2. The van der Waals surface area contributed by atoms with Gasteiger partial charge in [0.15, 0.2) is 0 Å². The summed E-state index contributed by atoms with van der Waals surface area (Å²) >= 11 is 1.24. The molecule has 0 aliphatic carbocycles. The lowest BCUT2D eigenvalue weighted by molar-refractivity contribution is 0.598. The molecule has 0 aliphatic rings. The van der Waals surface area contributed by atoms with E-state index in [1.165, 1.54) is 11.3 Å². The van der Waals surface area contributed by atoms with Gasteiger partial charge >= 0.3 is 0 Å². The smallest absolute Gasteiger partial charge is 0.215 e. The Morgan fingerprint density at radius 3 is 2.53 bits per heavy atom. The van der Waals surface area contributed by atoms with Crippen LogP contribution in [0.5, 0.6) is 0 Å². The Kier molecular flexibility index (Phi) is 2.63. The van der Waals surface area contributed by atoms with Crippen molar-refractivity contribution in [3.05, 3.63) is 47.3 Å². The van der Waals surface area contributed by atoms with Crippen LogP contribution in [0.25, 0.3) is 0 Å². The zero-order valence-electron chi connectivity index (χ0n) is 8.17. The van der Waals surface area contributed by atoms with E-state index in [1.807, 2.05) is 13.0 Å². The van der Waals surface area contributed by atoms with Crippen molar-refractivity contribution in [2.75, 3.05) is 0 Å². The molecule has 2 aromatic rings. The highest BCUT2D eigenvalue weighted by Gasteiger charge is 2.17. The fourth-order valence-electron chi connectivity index (χ4n) is 1.32. The van der Waals surface area contributed by atoms with E-state index in [-0.39, 0.29) is 0 Å². The number of thiophene rings is 1. The molecule has 78 valence electrons. The van der Waals surface area contributed by atoms with Crippen molar-refractivity contribution in [1.82, 2.24) is 0 Å². The number of sulfone groups is 1. The van der Waals surface area contributed by atoms with Gasteiger partial charge in [0.25, 0.3) is 0 Å². The summed E-state index contributed by atoms with van der Waals surface area (Å²) in [6.45, 7) is 1.88. The van der Waals surface area contributed by atoms with E-state index in [4.69, 9.17) is 0 Å². The van der Waals surface area contributed by atoms with Crippen LogP contribution < -0.4 is 0 Å². The van der Waals surface area contributed by atoms with Crippen molar-refractivity contribution in [3.63, 3.8) is 0 Å². The van der Waals surface area contributed by atoms with Gasteiger partial charge in [0.1, 0.15) is 4.21 Å². The number of aryl methyl sites for hydroxylation is 1. The molecule has 0 saturated carbocycles. The summed E-state index contributed by atoms with van der Waals surface area (Å²) in [6.07, 6.45) is 0.